The molecular weight excluding hydrogens is 358 g/mol. The molecule has 3 rings (SSSR count). The molecule has 6 nitrogen and oxygen atoms in total. The van der Waals surface area contributed by atoms with E-state index in [0.717, 1.165) is 17.7 Å². The predicted molar refractivity (Wildman–Crippen MR) is 106 cm³/mol. The number of rotatable bonds is 7. The van der Waals surface area contributed by atoms with Crippen LogP contribution in [-0.2, 0) is 16.0 Å². The molecule has 1 aliphatic heterocycles. The van der Waals surface area contributed by atoms with Gasteiger partial charge in [-0.2, -0.15) is 0 Å². The summed E-state index contributed by atoms with van der Waals surface area (Å²) in [5, 5.41) is 0. The molecule has 0 bridgehead atoms. The van der Waals surface area contributed by atoms with Crippen LogP contribution in [-0.4, -0.2) is 37.7 Å². The van der Waals surface area contributed by atoms with Crippen molar-refractivity contribution in [2.24, 2.45) is 0 Å². The summed E-state index contributed by atoms with van der Waals surface area (Å²) in [5.41, 5.74) is 2.33. The number of nitrogens with zero attached hydrogens (tertiary/aromatic N) is 1. The summed E-state index contributed by atoms with van der Waals surface area (Å²) in [6.07, 6.45) is 0.798. The molecule has 0 unspecified atom stereocenters. The highest BCUT2D eigenvalue weighted by Crippen LogP contribution is 2.32. The molecule has 0 fully saturated rings. The summed E-state index contributed by atoms with van der Waals surface area (Å²) in [7, 11) is 0. The van der Waals surface area contributed by atoms with Crippen LogP contribution in [0.3, 0.4) is 0 Å². The topological polar surface area (TPSA) is 65.1 Å². The van der Waals surface area contributed by atoms with Gasteiger partial charge in [0.05, 0.1) is 18.8 Å². The quantitative estimate of drug-likeness (QED) is 0.684. The Morgan fingerprint density at radius 3 is 2.50 bits per heavy atom. The first-order valence-electron chi connectivity index (χ1n) is 9.51. The second kappa shape index (κ2) is 8.78. The highest BCUT2D eigenvalue weighted by molar-refractivity contribution is 5.99. The van der Waals surface area contributed by atoms with Crippen LogP contribution in [0.4, 0.5) is 5.69 Å². The van der Waals surface area contributed by atoms with Crippen molar-refractivity contribution in [3.63, 3.8) is 0 Å². The highest BCUT2D eigenvalue weighted by atomic mass is 16.5. The van der Waals surface area contributed by atoms with E-state index in [4.69, 9.17) is 14.2 Å². The lowest BCUT2D eigenvalue weighted by Crippen LogP contribution is -2.38. The van der Waals surface area contributed by atoms with E-state index in [9.17, 15) is 9.59 Å². The van der Waals surface area contributed by atoms with E-state index in [0.29, 0.717) is 30.3 Å². The number of para-hydroxylation sites is 1. The van der Waals surface area contributed by atoms with Gasteiger partial charge < -0.3 is 19.1 Å². The third-order valence-corrected chi connectivity index (χ3v) is 4.58. The van der Waals surface area contributed by atoms with Gasteiger partial charge in [0.2, 0.25) is 0 Å². The van der Waals surface area contributed by atoms with Crippen LogP contribution in [0.25, 0.3) is 0 Å². The van der Waals surface area contributed by atoms with E-state index in [2.05, 4.69) is 0 Å². The molecule has 0 radical (unpaired) electrons. The first kappa shape index (κ1) is 19.7. The number of fused-ring (bicyclic) bond motifs is 1. The monoisotopic (exact) mass is 383 g/mol. The minimum atomic E-state index is -0.572. The van der Waals surface area contributed by atoms with Gasteiger partial charge in [0.1, 0.15) is 0 Å². The molecule has 0 spiro atoms. The highest BCUT2D eigenvalue weighted by Gasteiger charge is 2.31. The number of benzene rings is 2. The van der Waals surface area contributed by atoms with Gasteiger partial charge in [-0.25, -0.2) is 4.79 Å². The fourth-order valence-corrected chi connectivity index (χ4v) is 3.40. The molecule has 1 atom stereocenters. The molecular formula is C22H25NO5. The molecule has 0 N–H and O–H groups in total. The van der Waals surface area contributed by atoms with Crippen LogP contribution in [0.5, 0.6) is 11.5 Å². The fourth-order valence-electron chi connectivity index (χ4n) is 3.40. The average molecular weight is 383 g/mol. The second-order valence-electron chi connectivity index (χ2n) is 6.55. The number of ether oxygens (including phenoxy) is 3. The van der Waals surface area contributed by atoms with Crippen molar-refractivity contribution in [3.8, 4) is 11.5 Å². The van der Waals surface area contributed by atoms with Gasteiger partial charge in [0.25, 0.3) is 5.91 Å². The maximum absolute atomic E-state index is 12.7. The molecule has 28 heavy (non-hydrogen) atoms. The Morgan fingerprint density at radius 1 is 1.04 bits per heavy atom. The standard InChI is InChI=1S/C22H25NO5/c1-4-26-19-11-10-17(13-20(19)27-5-2)22(25)28-14-21(24)23-15(3)12-16-8-6-7-9-18(16)23/h6-11,13,15H,4-5,12,14H2,1-3H3/t15-/m1/s1. The molecule has 0 aliphatic carbocycles. The summed E-state index contributed by atoms with van der Waals surface area (Å²) in [4.78, 5) is 26.8. The molecule has 2 aromatic carbocycles. The van der Waals surface area contributed by atoms with E-state index in [1.54, 1.807) is 23.1 Å². The summed E-state index contributed by atoms with van der Waals surface area (Å²) in [6, 6.07) is 12.7. The SMILES string of the molecule is CCOc1ccc(C(=O)OCC(=O)N2c3ccccc3C[C@H]2C)cc1OCC. The number of esters is 1. The van der Waals surface area contributed by atoms with Crippen LogP contribution < -0.4 is 14.4 Å². The first-order chi connectivity index (χ1) is 13.5. The summed E-state index contributed by atoms with van der Waals surface area (Å²) < 4.78 is 16.3. The number of carbonyl (C=O) groups excluding carboxylic acids is 2. The Balaban J connectivity index is 1.67. The number of carbonyl (C=O) groups is 2. The van der Waals surface area contributed by atoms with Gasteiger partial charge in [-0.1, -0.05) is 18.2 Å². The maximum atomic E-state index is 12.7. The average Bonchev–Trinajstić information content (AvgIpc) is 3.03. The lowest BCUT2D eigenvalue weighted by Gasteiger charge is -2.22. The second-order valence-corrected chi connectivity index (χ2v) is 6.55. The number of amides is 1. The number of hydrogen-bond acceptors (Lipinski definition) is 5. The summed E-state index contributed by atoms with van der Waals surface area (Å²) in [5.74, 6) is 0.242. The van der Waals surface area contributed by atoms with Crippen molar-refractivity contribution in [1.29, 1.82) is 0 Å². The minimum Gasteiger partial charge on any atom is -0.490 e. The van der Waals surface area contributed by atoms with Gasteiger partial charge in [-0.3, -0.25) is 4.79 Å². The van der Waals surface area contributed by atoms with Crippen LogP contribution in [0.1, 0.15) is 36.7 Å². The van der Waals surface area contributed by atoms with Crippen molar-refractivity contribution in [3.05, 3.63) is 53.6 Å². The smallest absolute Gasteiger partial charge is 0.338 e. The summed E-state index contributed by atoms with van der Waals surface area (Å²) >= 11 is 0. The van der Waals surface area contributed by atoms with Gasteiger partial charge in [-0.05, 0) is 57.0 Å². The van der Waals surface area contributed by atoms with E-state index < -0.39 is 5.97 Å². The molecule has 1 aliphatic rings. The van der Waals surface area contributed by atoms with Crippen LogP contribution in [0, 0.1) is 0 Å². The van der Waals surface area contributed by atoms with Crippen LogP contribution in [0.2, 0.25) is 0 Å². The van der Waals surface area contributed by atoms with Crippen molar-refractivity contribution < 1.29 is 23.8 Å². The van der Waals surface area contributed by atoms with E-state index >= 15 is 0 Å². The zero-order valence-corrected chi connectivity index (χ0v) is 16.4. The number of anilines is 1. The zero-order chi connectivity index (χ0) is 20.1. The fraction of sp³-hybridized carbons (Fsp3) is 0.364. The lowest BCUT2D eigenvalue weighted by atomic mass is 10.1. The lowest BCUT2D eigenvalue weighted by molar-refractivity contribution is -0.122. The van der Waals surface area contributed by atoms with Gasteiger partial charge in [-0.15, -0.1) is 0 Å². The largest absolute Gasteiger partial charge is 0.490 e. The Hall–Kier alpha value is -3.02. The van der Waals surface area contributed by atoms with Crippen molar-refractivity contribution in [1.82, 2.24) is 0 Å². The van der Waals surface area contributed by atoms with Crippen molar-refractivity contribution >= 4 is 17.6 Å². The Labute approximate surface area is 165 Å². The number of hydrogen-bond donors (Lipinski definition) is 0. The van der Waals surface area contributed by atoms with Crippen molar-refractivity contribution in [2.45, 2.75) is 33.2 Å². The molecule has 148 valence electrons. The van der Waals surface area contributed by atoms with E-state index in [-0.39, 0.29) is 18.6 Å². The minimum absolute atomic E-state index is 0.0404. The maximum Gasteiger partial charge on any atom is 0.338 e. The third kappa shape index (κ3) is 4.11. The van der Waals surface area contributed by atoms with E-state index in [1.165, 1.54) is 0 Å². The van der Waals surface area contributed by atoms with Crippen LogP contribution >= 0.6 is 0 Å². The predicted octanol–water partition coefficient (Wildman–Crippen LogP) is 3.62. The van der Waals surface area contributed by atoms with Crippen molar-refractivity contribution in [2.75, 3.05) is 24.7 Å². The Kier molecular flexibility index (Phi) is 6.19. The molecule has 1 heterocycles. The normalized spacial score (nSPS) is 15.1. The molecule has 0 saturated heterocycles. The molecule has 0 aromatic heterocycles. The van der Waals surface area contributed by atoms with Gasteiger partial charge in [0.15, 0.2) is 18.1 Å². The van der Waals surface area contributed by atoms with Gasteiger partial charge >= 0.3 is 5.97 Å². The third-order valence-electron chi connectivity index (χ3n) is 4.58. The Bertz CT molecular complexity index is 864. The Morgan fingerprint density at radius 2 is 1.75 bits per heavy atom. The van der Waals surface area contributed by atoms with Gasteiger partial charge in [0, 0.05) is 11.7 Å². The van der Waals surface area contributed by atoms with Crippen LogP contribution in [0.15, 0.2) is 42.5 Å². The summed E-state index contributed by atoms with van der Waals surface area (Å²) in [6.45, 7) is 6.35. The molecule has 0 saturated carbocycles. The van der Waals surface area contributed by atoms with E-state index in [1.807, 2.05) is 45.0 Å². The molecule has 2 aromatic rings. The zero-order valence-electron chi connectivity index (χ0n) is 16.4. The first-order valence-corrected chi connectivity index (χ1v) is 9.51. The molecule has 1 amide bonds. The molecule has 6 heteroatoms.